The van der Waals surface area contributed by atoms with Gasteiger partial charge in [-0.05, 0) is 67.9 Å². The number of amides is 1. The number of fused-ring (bicyclic) bond motifs is 1. The predicted octanol–water partition coefficient (Wildman–Crippen LogP) is 5.18. The highest BCUT2D eigenvalue weighted by Crippen LogP contribution is 2.41. The lowest BCUT2D eigenvalue weighted by atomic mass is 9.90. The zero-order valence-electron chi connectivity index (χ0n) is 21.8. The Morgan fingerprint density at radius 3 is 2.27 bits per heavy atom. The quantitative estimate of drug-likeness (QED) is 0.483. The van der Waals surface area contributed by atoms with Gasteiger partial charge in [-0.15, -0.1) is 0 Å². The molecule has 6 nitrogen and oxygen atoms in total. The summed E-state index contributed by atoms with van der Waals surface area (Å²) in [6, 6.07) is 19.0. The molecule has 0 bridgehead atoms. The molecule has 0 aliphatic carbocycles. The molecule has 0 radical (unpaired) electrons. The second-order valence-electron chi connectivity index (χ2n) is 10.6. The summed E-state index contributed by atoms with van der Waals surface area (Å²) in [7, 11) is -3.09. The number of hydrogen-bond donors (Lipinski definition) is 0. The molecule has 0 spiro atoms. The SMILES string of the molecule is CCC(CC)C(=O)N=C1S[C@@H]2CS(=O)(=O)C[C@H]2N1c1ccc(N2CCC(Cc3ccccc3)CC2)cc1. The van der Waals surface area contributed by atoms with Gasteiger partial charge in [0.15, 0.2) is 15.0 Å². The van der Waals surface area contributed by atoms with Gasteiger partial charge in [-0.2, -0.15) is 4.99 Å². The third kappa shape index (κ3) is 5.90. The summed E-state index contributed by atoms with van der Waals surface area (Å²) in [6.45, 7) is 6.10. The van der Waals surface area contributed by atoms with Gasteiger partial charge in [-0.25, -0.2) is 8.42 Å². The number of sulfone groups is 1. The molecule has 0 saturated carbocycles. The average molecular weight is 540 g/mol. The summed E-state index contributed by atoms with van der Waals surface area (Å²) < 4.78 is 24.8. The lowest BCUT2D eigenvalue weighted by Gasteiger charge is -2.34. The van der Waals surface area contributed by atoms with Crippen LogP contribution in [0.25, 0.3) is 0 Å². The molecule has 8 heteroatoms. The Balaban J connectivity index is 1.30. The minimum absolute atomic E-state index is 0.0819. The molecule has 1 amide bonds. The van der Waals surface area contributed by atoms with Crippen molar-refractivity contribution in [1.82, 2.24) is 0 Å². The number of thioether (sulfide) groups is 1. The normalized spacial score (nSPS) is 24.7. The molecule has 0 aromatic heterocycles. The number of aliphatic imine (C=N–C) groups is 1. The number of hydrogen-bond acceptors (Lipinski definition) is 5. The van der Waals surface area contributed by atoms with Crippen LogP contribution >= 0.6 is 11.8 Å². The van der Waals surface area contributed by atoms with Crippen LogP contribution in [0.4, 0.5) is 11.4 Å². The largest absolute Gasteiger partial charge is 0.372 e. The Morgan fingerprint density at radius 2 is 1.62 bits per heavy atom. The first-order valence-corrected chi connectivity index (χ1v) is 16.2. The van der Waals surface area contributed by atoms with Crippen molar-refractivity contribution in [2.24, 2.45) is 16.8 Å². The number of rotatable bonds is 7. The maximum atomic E-state index is 12.8. The molecule has 3 aliphatic rings. The molecule has 2 atom stereocenters. The van der Waals surface area contributed by atoms with Crippen LogP contribution in [0.15, 0.2) is 59.6 Å². The lowest BCUT2D eigenvalue weighted by Crippen LogP contribution is -2.38. The van der Waals surface area contributed by atoms with Gasteiger partial charge in [0, 0.05) is 35.6 Å². The smallest absolute Gasteiger partial charge is 0.251 e. The third-order valence-corrected chi connectivity index (χ3v) is 11.3. The van der Waals surface area contributed by atoms with Gasteiger partial charge >= 0.3 is 0 Å². The molecule has 5 rings (SSSR count). The molecule has 0 unspecified atom stereocenters. The molecule has 37 heavy (non-hydrogen) atoms. The van der Waals surface area contributed by atoms with Crippen LogP contribution in [0.2, 0.25) is 0 Å². The summed E-state index contributed by atoms with van der Waals surface area (Å²) in [5.74, 6) is 0.779. The second-order valence-corrected chi connectivity index (χ2v) is 13.9. The fourth-order valence-corrected chi connectivity index (χ4v) is 9.78. The molecule has 0 N–H and O–H groups in total. The van der Waals surface area contributed by atoms with Crippen molar-refractivity contribution in [2.45, 2.75) is 57.2 Å². The molecule has 3 heterocycles. The third-order valence-electron chi connectivity index (χ3n) is 8.08. The van der Waals surface area contributed by atoms with Crippen LogP contribution in [0.1, 0.15) is 45.1 Å². The number of piperidine rings is 1. The molecular formula is C29H37N3O3S2. The van der Waals surface area contributed by atoms with E-state index in [2.05, 4.69) is 64.5 Å². The monoisotopic (exact) mass is 539 g/mol. The van der Waals surface area contributed by atoms with Crippen LogP contribution in [0, 0.1) is 11.8 Å². The maximum Gasteiger partial charge on any atom is 0.251 e. The Morgan fingerprint density at radius 1 is 0.973 bits per heavy atom. The molecule has 3 fully saturated rings. The summed E-state index contributed by atoms with van der Waals surface area (Å²) in [5.41, 5.74) is 3.52. The van der Waals surface area contributed by atoms with Crippen molar-refractivity contribution in [3.63, 3.8) is 0 Å². The molecule has 3 saturated heterocycles. The lowest BCUT2D eigenvalue weighted by molar-refractivity contribution is -0.121. The fourth-order valence-electron chi connectivity index (χ4n) is 5.86. The van der Waals surface area contributed by atoms with Gasteiger partial charge in [-0.3, -0.25) is 4.79 Å². The standard InChI is InChI=1S/C29H37N3O3S2/c1-3-23(4-2)28(33)30-29-32(26-19-37(34,35)20-27(26)36-29)25-12-10-24(11-13-25)31-16-14-22(15-17-31)18-21-8-6-5-7-9-21/h5-13,22-23,26-27H,3-4,14-20H2,1-2H3/t26-,27-/m1/s1. The zero-order valence-corrected chi connectivity index (χ0v) is 23.4. The van der Waals surface area contributed by atoms with Gasteiger partial charge in [0.05, 0.1) is 17.5 Å². The highest BCUT2D eigenvalue weighted by atomic mass is 32.2. The van der Waals surface area contributed by atoms with Crippen LogP contribution in [0.5, 0.6) is 0 Å². The molecular weight excluding hydrogens is 502 g/mol. The van der Waals surface area contributed by atoms with Crippen molar-refractivity contribution < 1.29 is 13.2 Å². The van der Waals surface area contributed by atoms with Gasteiger partial charge in [0.25, 0.3) is 5.91 Å². The van der Waals surface area contributed by atoms with E-state index in [1.807, 2.05) is 18.7 Å². The summed E-state index contributed by atoms with van der Waals surface area (Å²) in [4.78, 5) is 21.8. The number of amidine groups is 1. The predicted molar refractivity (Wildman–Crippen MR) is 154 cm³/mol. The Kier molecular flexibility index (Phi) is 7.96. The molecule has 3 aliphatic heterocycles. The Labute approximate surface area is 225 Å². The number of carbonyl (C=O) groups is 1. The summed E-state index contributed by atoms with van der Waals surface area (Å²) in [6.07, 6.45) is 5.01. The van der Waals surface area contributed by atoms with Crippen molar-refractivity contribution in [3.8, 4) is 0 Å². The van der Waals surface area contributed by atoms with E-state index < -0.39 is 9.84 Å². The van der Waals surface area contributed by atoms with E-state index in [4.69, 9.17) is 0 Å². The van der Waals surface area contributed by atoms with Gasteiger partial charge < -0.3 is 9.80 Å². The Bertz CT molecular complexity index is 1220. The minimum atomic E-state index is -3.09. The zero-order chi connectivity index (χ0) is 26.0. The first-order chi connectivity index (χ1) is 17.9. The number of nitrogens with zero attached hydrogens (tertiary/aromatic N) is 3. The molecule has 2 aromatic rings. The minimum Gasteiger partial charge on any atom is -0.372 e. The van der Waals surface area contributed by atoms with E-state index in [0.717, 1.165) is 38.0 Å². The van der Waals surface area contributed by atoms with Crippen molar-refractivity contribution in [1.29, 1.82) is 0 Å². The maximum absolute atomic E-state index is 12.8. The van der Waals surface area contributed by atoms with E-state index in [0.29, 0.717) is 11.1 Å². The molecule has 2 aromatic carbocycles. The van der Waals surface area contributed by atoms with Crippen molar-refractivity contribution >= 4 is 44.0 Å². The van der Waals surface area contributed by atoms with Crippen LogP contribution in [0.3, 0.4) is 0 Å². The summed E-state index contributed by atoms with van der Waals surface area (Å²) >= 11 is 1.45. The number of benzene rings is 2. The van der Waals surface area contributed by atoms with Gasteiger partial charge in [0.1, 0.15) is 0 Å². The summed E-state index contributed by atoms with van der Waals surface area (Å²) in [5, 5.41) is 0.567. The average Bonchev–Trinajstić information content (AvgIpc) is 3.36. The van der Waals surface area contributed by atoms with Crippen molar-refractivity contribution in [3.05, 3.63) is 60.2 Å². The first-order valence-electron chi connectivity index (χ1n) is 13.5. The highest BCUT2D eigenvalue weighted by Gasteiger charge is 2.49. The van der Waals surface area contributed by atoms with E-state index >= 15 is 0 Å². The molecule has 198 valence electrons. The van der Waals surface area contributed by atoms with Crippen LogP contribution in [-0.4, -0.2) is 55.4 Å². The number of anilines is 2. The van der Waals surface area contributed by atoms with Gasteiger partial charge in [-0.1, -0.05) is 55.9 Å². The number of carbonyl (C=O) groups excluding carboxylic acids is 1. The Hall–Kier alpha value is -2.32. The van der Waals surface area contributed by atoms with E-state index in [-0.39, 0.29) is 34.6 Å². The van der Waals surface area contributed by atoms with Crippen LogP contribution < -0.4 is 9.80 Å². The topological polar surface area (TPSA) is 70.0 Å². The van der Waals surface area contributed by atoms with Gasteiger partial charge in [0.2, 0.25) is 0 Å². The second kappa shape index (κ2) is 11.2. The van der Waals surface area contributed by atoms with E-state index in [9.17, 15) is 13.2 Å². The van der Waals surface area contributed by atoms with E-state index in [1.54, 1.807) is 0 Å². The first kappa shape index (κ1) is 26.3. The van der Waals surface area contributed by atoms with E-state index in [1.165, 1.54) is 35.9 Å². The highest BCUT2D eigenvalue weighted by molar-refractivity contribution is 8.16. The van der Waals surface area contributed by atoms with Crippen LogP contribution in [-0.2, 0) is 21.1 Å². The fraction of sp³-hybridized carbons (Fsp3) is 0.517. The van der Waals surface area contributed by atoms with Crippen molar-refractivity contribution in [2.75, 3.05) is 34.4 Å².